The lowest BCUT2D eigenvalue weighted by Crippen LogP contribution is -2.52. The largest absolute Gasteiger partial charge is 0.496 e. The molecule has 0 saturated heterocycles. The number of carbonyl (C=O) groups is 1. The summed E-state index contributed by atoms with van der Waals surface area (Å²) >= 11 is 0. The molecule has 0 saturated carbocycles. The van der Waals surface area contributed by atoms with E-state index in [1.54, 1.807) is 37.1 Å². The third kappa shape index (κ3) is 7.21. The van der Waals surface area contributed by atoms with Gasteiger partial charge in [-0.15, -0.1) is 0 Å². The second-order valence-corrected chi connectivity index (χ2v) is 13.7. The molecular weight excluding hydrogens is 621 g/mol. The minimum Gasteiger partial charge on any atom is -0.496 e. The van der Waals surface area contributed by atoms with Crippen molar-refractivity contribution in [1.29, 1.82) is 0 Å². The molecule has 1 heterocycles. The lowest BCUT2D eigenvalue weighted by Gasteiger charge is -2.39. The lowest BCUT2D eigenvalue weighted by molar-refractivity contribution is -0.121. The van der Waals surface area contributed by atoms with Gasteiger partial charge in [0.05, 0.1) is 18.5 Å². The summed E-state index contributed by atoms with van der Waals surface area (Å²) in [5.74, 6) is 0.248. The summed E-state index contributed by atoms with van der Waals surface area (Å²) in [5, 5.41) is 5.46. The van der Waals surface area contributed by atoms with E-state index in [1.807, 2.05) is 63.2 Å². The van der Waals surface area contributed by atoms with Gasteiger partial charge in [-0.3, -0.25) is 10.1 Å². The summed E-state index contributed by atoms with van der Waals surface area (Å²) in [6.45, 7) is 7.59. The van der Waals surface area contributed by atoms with Gasteiger partial charge in [0.1, 0.15) is 40.6 Å². The molecule has 1 unspecified atom stereocenters. The molecule has 1 aliphatic heterocycles. The maximum Gasteiger partial charge on any atom is 0.325 e. The normalized spacial score (nSPS) is 14.6. The van der Waals surface area contributed by atoms with Gasteiger partial charge in [-0.2, -0.15) is 8.42 Å². The average molecular weight is 662 g/mol. The first-order chi connectivity index (χ1) is 22.3. The third-order valence-electron chi connectivity index (χ3n) is 8.20. The van der Waals surface area contributed by atoms with Crippen LogP contribution in [-0.4, -0.2) is 39.4 Å². The molecule has 0 bridgehead atoms. The number of rotatable bonds is 12. The molecule has 0 fully saturated rings. The number of nitrogens with one attached hydrogen (secondary N) is 2. The van der Waals surface area contributed by atoms with Crippen LogP contribution in [0.25, 0.3) is 11.1 Å². The van der Waals surface area contributed by atoms with Crippen molar-refractivity contribution in [1.82, 2.24) is 5.32 Å². The Labute approximate surface area is 275 Å². The first kappa shape index (κ1) is 33.7. The second kappa shape index (κ2) is 13.6. The van der Waals surface area contributed by atoms with E-state index in [0.717, 1.165) is 16.8 Å². The summed E-state index contributed by atoms with van der Waals surface area (Å²) in [4.78, 5) is 15.0. The number of halogens is 1. The van der Waals surface area contributed by atoms with Crippen molar-refractivity contribution in [3.63, 3.8) is 0 Å². The molecule has 0 spiro atoms. The van der Waals surface area contributed by atoms with Crippen LogP contribution in [0.5, 0.6) is 17.2 Å². The summed E-state index contributed by atoms with van der Waals surface area (Å²) in [6, 6.07) is 22.4. The fourth-order valence-corrected chi connectivity index (χ4v) is 6.91. The molecule has 1 atom stereocenters. The Hall–Kier alpha value is -4.61. The Morgan fingerprint density at radius 1 is 0.979 bits per heavy atom. The molecule has 9 nitrogen and oxygen atoms in total. The molecule has 47 heavy (non-hydrogen) atoms. The van der Waals surface area contributed by atoms with Crippen molar-refractivity contribution in [2.45, 2.75) is 58.2 Å². The van der Waals surface area contributed by atoms with Gasteiger partial charge in [-0.05, 0) is 68.1 Å². The summed E-state index contributed by atoms with van der Waals surface area (Å²) < 4.78 is 58.2. The number of ether oxygens (including phenoxy) is 2. The SMILES string of the molecule is CCC(NCc1ccccc1)S(=O)(=O)Oc1ccc(-c2ccc3c(c2COc2cc(F)ccc2C)N(C)C(=O)C(C)(C)N3)c(OC)c1. The van der Waals surface area contributed by atoms with Crippen LogP contribution in [0.4, 0.5) is 15.8 Å². The van der Waals surface area contributed by atoms with E-state index in [2.05, 4.69) is 10.6 Å². The molecule has 5 rings (SSSR count). The predicted molar refractivity (Wildman–Crippen MR) is 182 cm³/mol. The number of likely N-dealkylation sites (N-methyl/N-ethyl adjacent to an activating group) is 1. The molecule has 0 aromatic heterocycles. The fraction of sp³-hybridized carbons (Fsp3) is 0.306. The van der Waals surface area contributed by atoms with Crippen LogP contribution >= 0.6 is 0 Å². The first-order valence-electron chi connectivity index (χ1n) is 15.3. The third-order valence-corrected chi connectivity index (χ3v) is 9.82. The van der Waals surface area contributed by atoms with Crippen molar-refractivity contribution in [2.75, 3.05) is 24.4 Å². The molecule has 248 valence electrons. The van der Waals surface area contributed by atoms with Gasteiger partial charge in [-0.25, -0.2) is 4.39 Å². The van der Waals surface area contributed by atoms with Crippen molar-refractivity contribution in [3.8, 4) is 28.4 Å². The minimum absolute atomic E-state index is 0.00355. The molecule has 4 aromatic carbocycles. The monoisotopic (exact) mass is 661 g/mol. The minimum atomic E-state index is -4.06. The van der Waals surface area contributed by atoms with E-state index >= 15 is 0 Å². The van der Waals surface area contributed by atoms with Crippen molar-refractivity contribution in [3.05, 3.63) is 101 Å². The van der Waals surface area contributed by atoms with Crippen LogP contribution in [-0.2, 0) is 28.1 Å². The highest BCUT2D eigenvalue weighted by molar-refractivity contribution is 7.87. The number of nitrogens with zero attached hydrogens (tertiary/aromatic N) is 1. The number of amides is 1. The zero-order chi connectivity index (χ0) is 33.9. The van der Waals surface area contributed by atoms with Crippen LogP contribution in [0.3, 0.4) is 0 Å². The molecule has 1 aliphatic rings. The number of anilines is 2. The van der Waals surface area contributed by atoms with Gasteiger partial charge in [-0.1, -0.05) is 49.4 Å². The quantitative estimate of drug-likeness (QED) is 0.160. The van der Waals surface area contributed by atoms with Gasteiger partial charge in [0, 0.05) is 36.9 Å². The zero-order valence-corrected chi connectivity index (χ0v) is 28.2. The molecule has 1 amide bonds. The molecule has 2 N–H and O–H groups in total. The lowest BCUT2D eigenvalue weighted by atomic mass is 9.91. The number of fused-ring (bicyclic) bond motifs is 1. The van der Waals surface area contributed by atoms with Gasteiger partial charge in [0.2, 0.25) is 0 Å². The molecule has 11 heteroatoms. The van der Waals surface area contributed by atoms with Crippen LogP contribution in [0.1, 0.15) is 43.9 Å². The van der Waals surface area contributed by atoms with Crippen LogP contribution < -0.4 is 29.2 Å². The summed E-state index contributed by atoms with van der Waals surface area (Å²) in [7, 11) is -0.868. The Balaban J connectivity index is 1.50. The smallest absolute Gasteiger partial charge is 0.325 e. The van der Waals surface area contributed by atoms with E-state index < -0.39 is 26.8 Å². The van der Waals surface area contributed by atoms with Crippen molar-refractivity contribution in [2.24, 2.45) is 0 Å². The molecule has 4 aromatic rings. The fourth-order valence-electron chi connectivity index (χ4n) is 5.73. The van der Waals surface area contributed by atoms with Gasteiger partial charge < -0.3 is 23.9 Å². The second-order valence-electron chi connectivity index (χ2n) is 12.0. The van der Waals surface area contributed by atoms with Crippen LogP contribution in [0, 0.1) is 12.7 Å². The summed E-state index contributed by atoms with van der Waals surface area (Å²) in [6.07, 6.45) is 0.296. The zero-order valence-electron chi connectivity index (χ0n) is 27.4. The highest BCUT2D eigenvalue weighted by atomic mass is 32.2. The average Bonchev–Trinajstić information content (AvgIpc) is 3.04. The highest BCUT2D eigenvalue weighted by Gasteiger charge is 2.39. The van der Waals surface area contributed by atoms with Crippen molar-refractivity contribution < 1.29 is 31.3 Å². The Bertz CT molecular complexity index is 1880. The molecule has 0 aliphatic carbocycles. The van der Waals surface area contributed by atoms with E-state index in [0.29, 0.717) is 46.8 Å². The molecule has 0 radical (unpaired) electrons. The topological polar surface area (TPSA) is 106 Å². The van der Waals surface area contributed by atoms with E-state index in [9.17, 15) is 17.6 Å². The number of hydrogen-bond donors (Lipinski definition) is 2. The maximum atomic E-state index is 14.1. The number of carbonyl (C=O) groups excluding carboxylic acids is 1. The van der Waals surface area contributed by atoms with E-state index in [1.165, 1.54) is 25.3 Å². The van der Waals surface area contributed by atoms with Crippen LogP contribution in [0.15, 0.2) is 78.9 Å². The Morgan fingerprint density at radius 3 is 2.40 bits per heavy atom. The van der Waals surface area contributed by atoms with Crippen molar-refractivity contribution >= 4 is 27.4 Å². The summed E-state index contributed by atoms with van der Waals surface area (Å²) in [5.41, 5.74) is 4.17. The standard InChI is InChI=1S/C36H40FN3O6S/c1-7-33(38-21-24-11-9-8-10-12-24)47(42,43)46-26-15-16-28(32(20-26)44-6)27-17-18-30-34(40(5)35(41)36(3,4)39-30)29(27)22-45-31-19-25(37)14-13-23(31)2/h8-20,33,38-39H,7,21-22H2,1-6H3. The van der Waals surface area contributed by atoms with E-state index in [4.69, 9.17) is 13.7 Å². The Kier molecular flexibility index (Phi) is 9.78. The number of methoxy groups -OCH3 is 1. The number of aryl methyl sites for hydroxylation is 1. The van der Waals surface area contributed by atoms with Gasteiger partial charge in [0.15, 0.2) is 0 Å². The predicted octanol–water partition coefficient (Wildman–Crippen LogP) is 6.79. The first-order valence-corrected chi connectivity index (χ1v) is 16.8. The Morgan fingerprint density at radius 2 is 1.70 bits per heavy atom. The van der Waals surface area contributed by atoms with E-state index in [-0.39, 0.29) is 18.3 Å². The van der Waals surface area contributed by atoms with Gasteiger partial charge >= 0.3 is 10.1 Å². The number of hydrogen-bond acceptors (Lipinski definition) is 8. The number of benzene rings is 4. The highest BCUT2D eigenvalue weighted by Crippen LogP contribution is 2.45. The maximum absolute atomic E-state index is 14.1. The molecular formula is C36H40FN3O6S. The van der Waals surface area contributed by atoms with Gasteiger partial charge in [0.25, 0.3) is 5.91 Å². The van der Waals surface area contributed by atoms with Crippen LogP contribution in [0.2, 0.25) is 0 Å².